The van der Waals surface area contributed by atoms with E-state index in [1.54, 1.807) is 20.4 Å². The van der Waals surface area contributed by atoms with Crippen LogP contribution < -0.4 is 20.9 Å². The summed E-state index contributed by atoms with van der Waals surface area (Å²) in [5, 5.41) is 0. The van der Waals surface area contributed by atoms with Gasteiger partial charge >= 0.3 is 0 Å². The molecule has 27 heavy (non-hydrogen) atoms. The van der Waals surface area contributed by atoms with Crippen LogP contribution in [0.25, 0.3) is 0 Å². The van der Waals surface area contributed by atoms with Gasteiger partial charge in [-0.1, -0.05) is 34.1 Å². The molecule has 0 saturated carbocycles. The van der Waals surface area contributed by atoms with Crippen molar-refractivity contribution in [2.24, 2.45) is 5.41 Å². The van der Waals surface area contributed by atoms with Crippen LogP contribution in [-0.4, -0.2) is 24.2 Å². The van der Waals surface area contributed by atoms with E-state index in [9.17, 15) is 0 Å². The lowest BCUT2D eigenvalue weighted by Crippen LogP contribution is -2.20. The summed E-state index contributed by atoms with van der Waals surface area (Å²) in [6, 6.07) is 4.07. The molecule has 0 fully saturated rings. The third-order valence-corrected chi connectivity index (χ3v) is 4.80. The molecule has 6 nitrogen and oxygen atoms in total. The minimum absolute atomic E-state index is 0.0506. The quantitative estimate of drug-likeness (QED) is 0.764. The largest absolute Gasteiger partial charge is 0.496 e. The highest BCUT2D eigenvalue weighted by Gasteiger charge is 2.31. The van der Waals surface area contributed by atoms with Crippen molar-refractivity contribution in [1.82, 2.24) is 9.97 Å². The van der Waals surface area contributed by atoms with Crippen molar-refractivity contribution in [1.29, 1.82) is 0 Å². The lowest BCUT2D eigenvalue weighted by atomic mass is 9.73. The van der Waals surface area contributed by atoms with Gasteiger partial charge in [-0.15, -0.1) is 0 Å². The second kappa shape index (κ2) is 8.46. The minimum Gasteiger partial charge on any atom is -0.496 e. The minimum atomic E-state index is 0.0506. The standard InChI is InChI=1S/C21H31N4O2/c1-7-8-15(21(2,3)4)18-16(26-5)10-13(11-17(18)27-6)9-14-12-24-20(23)25-19(14)22/h10-12,15H,1,7-9H2,2-6H3,(H4,22,23,24,25). The van der Waals surface area contributed by atoms with Gasteiger partial charge in [-0.05, 0) is 35.4 Å². The maximum absolute atomic E-state index is 5.98. The second-order valence-corrected chi connectivity index (χ2v) is 7.79. The molecule has 2 rings (SSSR count). The number of benzene rings is 1. The predicted molar refractivity (Wildman–Crippen MR) is 110 cm³/mol. The van der Waals surface area contributed by atoms with Crippen molar-refractivity contribution in [3.8, 4) is 11.5 Å². The zero-order valence-electron chi connectivity index (χ0n) is 17.0. The normalized spacial score (nSPS) is 12.7. The van der Waals surface area contributed by atoms with Crippen molar-refractivity contribution < 1.29 is 9.47 Å². The van der Waals surface area contributed by atoms with E-state index < -0.39 is 0 Å². The molecule has 0 amide bonds. The SMILES string of the molecule is [CH2]CCC(c1c(OC)cc(Cc2cnc(N)nc2N)cc1OC)C(C)(C)C. The zero-order valence-corrected chi connectivity index (χ0v) is 17.0. The fraction of sp³-hybridized carbons (Fsp3) is 0.476. The van der Waals surface area contributed by atoms with Gasteiger partial charge in [0.1, 0.15) is 17.3 Å². The van der Waals surface area contributed by atoms with Crippen LogP contribution in [0, 0.1) is 12.3 Å². The Kier molecular flexibility index (Phi) is 6.52. The van der Waals surface area contributed by atoms with Crippen molar-refractivity contribution in [2.75, 3.05) is 25.7 Å². The van der Waals surface area contributed by atoms with Gasteiger partial charge in [0, 0.05) is 23.7 Å². The third-order valence-electron chi connectivity index (χ3n) is 4.80. The van der Waals surface area contributed by atoms with Gasteiger partial charge in [-0.2, -0.15) is 4.98 Å². The molecule has 2 aromatic rings. The van der Waals surface area contributed by atoms with E-state index in [-0.39, 0.29) is 17.3 Å². The number of nitrogen functional groups attached to an aromatic ring is 2. The average Bonchev–Trinajstić information content (AvgIpc) is 2.60. The number of nitrogens with zero attached hydrogens (tertiary/aromatic N) is 2. The van der Waals surface area contributed by atoms with Crippen LogP contribution in [0.4, 0.5) is 11.8 Å². The number of methoxy groups -OCH3 is 2. The molecule has 6 heteroatoms. The maximum atomic E-state index is 5.98. The Hall–Kier alpha value is -2.50. The van der Waals surface area contributed by atoms with E-state index >= 15 is 0 Å². The third kappa shape index (κ3) is 4.81. The van der Waals surface area contributed by atoms with Crippen LogP contribution >= 0.6 is 0 Å². The highest BCUT2D eigenvalue weighted by molar-refractivity contribution is 5.53. The number of aromatic nitrogens is 2. The summed E-state index contributed by atoms with van der Waals surface area (Å²) in [6.07, 6.45) is 4.02. The van der Waals surface area contributed by atoms with Crippen LogP contribution in [0.15, 0.2) is 18.3 Å². The summed E-state index contributed by atoms with van der Waals surface area (Å²) in [5.41, 5.74) is 14.5. The van der Waals surface area contributed by atoms with Crippen LogP contribution in [0.5, 0.6) is 11.5 Å². The van der Waals surface area contributed by atoms with Crippen molar-refractivity contribution in [2.45, 2.75) is 46.0 Å². The van der Waals surface area contributed by atoms with E-state index in [0.29, 0.717) is 12.2 Å². The van der Waals surface area contributed by atoms with Gasteiger partial charge < -0.3 is 20.9 Å². The van der Waals surface area contributed by atoms with Crippen molar-refractivity contribution >= 4 is 11.8 Å². The Balaban J connectivity index is 2.52. The van der Waals surface area contributed by atoms with Gasteiger partial charge in [-0.3, -0.25) is 0 Å². The summed E-state index contributed by atoms with van der Waals surface area (Å²) >= 11 is 0. The van der Waals surface area contributed by atoms with Crippen LogP contribution in [-0.2, 0) is 6.42 Å². The molecule has 1 unspecified atom stereocenters. The van der Waals surface area contributed by atoms with Gasteiger partial charge in [0.05, 0.1) is 14.2 Å². The molecular weight excluding hydrogens is 340 g/mol. The molecule has 0 aliphatic rings. The highest BCUT2D eigenvalue weighted by Crippen LogP contribution is 2.47. The Bertz CT molecular complexity index is 759. The number of ether oxygens (including phenoxy) is 2. The first-order valence-electron chi connectivity index (χ1n) is 9.12. The summed E-state index contributed by atoms with van der Waals surface area (Å²) in [7, 11) is 3.37. The number of hydrogen-bond donors (Lipinski definition) is 2. The first-order valence-corrected chi connectivity index (χ1v) is 9.12. The molecule has 0 aliphatic carbocycles. The second-order valence-electron chi connectivity index (χ2n) is 7.79. The van der Waals surface area contributed by atoms with E-state index in [4.69, 9.17) is 20.9 Å². The smallest absolute Gasteiger partial charge is 0.221 e. The highest BCUT2D eigenvalue weighted by atomic mass is 16.5. The number of nitrogens with two attached hydrogens (primary N) is 2. The van der Waals surface area contributed by atoms with E-state index in [2.05, 4.69) is 37.7 Å². The van der Waals surface area contributed by atoms with Crippen molar-refractivity contribution in [3.05, 3.63) is 41.9 Å². The molecule has 0 aliphatic heterocycles. The number of rotatable bonds is 7. The van der Waals surface area contributed by atoms with Crippen molar-refractivity contribution in [3.63, 3.8) is 0 Å². The topological polar surface area (TPSA) is 96.3 Å². The Morgan fingerprint density at radius 3 is 2.15 bits per heavy atom. The van der Waals surface area contributed by atoms with Crippen LogP contribution in [0.1, 0.15) is 56.2 Å². The molecule has 1 aromatic heterocycles. The average molecular weight is 372 g/mol. The van der Waals surface area contributed by atoms with Gasteiger partial charge in [0.2, 0.25) is 5.95 Å². The first-order chi connectivity index (χ1) is 12.7. The predicted octanol–water partition coefficient (Wildman–Crippen LogP) is 3.99. The maximum Gasteiger partial charge on any atom is 0.221 e. The molecular formula is C21H31N4O2. The number of hydrogen-bond acceptors (Lipinski definition) is 6. The Morgan fingerprint density at radius 1 is 1.11 bits per heavy atom. The Labute approximate surface area is 162 Å². The molecule has 147 valence electrons. The molecule has 1 atom stereocenters. The molecule has 1 radical (unpaired) electrons. The summed E-state index contributed by atoms with van der Waals surface area (Å²) in [6.45, 7) is 10.7. The molecule has 4 N–H and O–H groups in total. The van der Waals surface area contributed by atoms with Crippen LogP contribution in [0.2, 0.25) is 0 Å². The summed E-state index contributed by atoms with van der Waals surface area (Å²) in [4.78, 5) is 8.07. The summed E-state index contributed by atoms with van der Waals surface area (Å²) < 4.78 is 11.5. The molecule has 0 spiro atoms. The monoisotopic (exact) mass is 371 g/mol. The van der Waals surface area contributed by atoms with Gasteiger partial charge in [-0.25, -0.2) is 4.98 Å². The molecule has 0 bridgehead atoms. The zero-order chi connectivity index (χ0) is 20.2. The van der Waals surface area contributed by atoms with Gasteiger partial charge in [0.15, 0.2) is 0 Å². The first kappa shape index (κ1) is 20.8. The van der Waals surface area contributed by atoms with Crippen LogP contribution in [0.3, 0.4) is 0 Å². The van der Waals surface area contributed by atoms with E-state index in [1.165, 1.54) is 0 Å². The number of anilines is 2. The van der Waals surface area contributed by atoms with E-state index in [1.807, 2.05) is 12.1 Å². The molecule has 0 saturated heterocycles. The molecule has 1 heterocycles. The fourth-order valence-corrected chi connectivity index (χ4v) is 3.44. The summed E-state index contributed by atoms with van der Waals surface area (Å²) in [5.74, 6) is 2.44. The lowest BCUT2D eigenvalue weighted by Gasteiger charge is -2.33. The lowest BCUT2D eigenvalue weighted by molar-refractivity contribution is 0.284. The molecule has 1 aromatic carbocycles. The Morgan fingerprint density at radius 2 is 1.70 bits per heavy atom. The van der Waals surface area contributed by atoms with E-state index in [0.717, 1.165) is 41.0 Å². The van der Waals surface area contributed by atoms with Gasteiger partial charge in [0.25, 0.3) is 0 Å². The fourth-order valence-electron chi connectivity index (χ4n) is 3.44.